The fourth-order valence-electron chi connectivity index (χ4n) is 1.60. The van der Waals surface area contributed by atoms with Crippen LogP contribution in [-0.2, 0) is 4.79 Å². The number of carboxylic acids is 1. The number of carboxylic acid groups (broad SMARTS) is 1. The third-order valence-electron chi connectivity index (χ3n) is 2.66. The number of ketones is 1. The number of nitrogens with two attached hydrogens (primary N) is 1. The third-order valence-corrected chi connectivity index (χ3v) is 2.66. The lowest BCUT2D eigenvalue weighted by molar-refractivity contribution is -0.683. The molecule has 18 heavy (non-hydrogen) atoms. The molecule has 0 aliphatic rings. The molecule has 5 nitrogen and oxygen atoms in total. The van der Waals surface area contributed by atoms with Gasteiger partial charge in [0.2, 0.25) is 0 Å². The van der Waals surface area contributed by atoms with E-state index in [0.29, 0.717) is 5.56 Å². The van der Waals surface area contributed by atoms with Crippen molar-refractivity contribution in [3.63, 3.8) is 0 Å². The number of hydrogen-bond donors (Lipinski definition) is 2. The zero-order chi connectivity index (χ0) is 13.5. The second kappa shape index (κ2) is 6.88. The molecule has 98 valence electrons. The van der Waals surface area contributed by atoms with Crippen molar-refractivity contribution >= 4 is 11.8 Å². The normalized spacial score (nSPS) is 12.1. The molecule has 0 bridgehead atoms. The number of benzene rings is 1. The minimum absolute atomic E-state index is 0.134. The highest BCUT2D eigenvalue weighted by Crippen LogP contribution is 2.06. The lowest BCUT2D eigenvalue weighted by atomic mass is 10.0. The smallest absolute Gasteiger partial charge is 0.169 e. The first-order valence-corrected chi connectivity index (χ1v) is 5.79. The number of Topliss-reactive ketones (excluding diaryl/α,β-unsaturated/α-hetero) is 1. The van der Waals surface area contributed by atoms with Crippen LogP contribution < -0.4 is 10.4 Å². The van der Waals surface area contributed by atoms with Crippen molar-refractivity contribution in [1.29, 1.82) is 0 Å². The van der Waals surface area contributed by atoms with Crippen molar-refractivity contribution in [2.75, 3.05) is 13.2 Å². The Labute approximate surface area is 105 Å². The number of aryl methyl sites for hydroxylation is 1. The van der Waals surface area contributed by atoms with Crippen LogP contribution in [0.1, 0.15) is 22.3 Å². The van der Waals surface area contributed by atoms with E-state index in [9.17, 15) is 14.7 Å². The van der Waals surface area contributed by atoms with Gasteiger partial charge in [-0.25, -0.2) is 0 Å². The van der Waals surface area contributed by atoms with Gasteiger partial charge in [-0.15, -0.1) is 0 Å². The van der Waals surface area contributed by atoms with E-state index in [2.05, 4.69) is 0 Å². The average Bonchev–Trinajstić information content (AvgIpc) is 2.34. The number of quaternary nitrogens is 1. The summed E-state index contributed by atoms with van der Waals surface area (Å²) in [5.41, 5.74) is 1.53. The second-order valence-corrected chi connectivity index (χ2v) is 4.17. The zero-order valence-corrected chi connectivity index (χ0v) is 10.3. The topological polar surface area (TPSA) is 94.0 Å². The van der Waals surface area contributed by atoms with Gasteiger partial charge < -0.3 is 20.3 Å². The van der Waals surface area contributed by atoms with Gasteiger partial charge in [-0.05, 0) is 6.92 Å². The number of rotatable bonds is 7. The van der Waals surface area contributed by atoms with Gasteiger partial charge in [-0.3, -0.25) is 4.79 Å². The van der Waals surface area contributed by atoms with Crippen LogP contribution in [-0.4, -0.2) is 36.1 Å². The summed E-state index contributed by atoms with van der Waals surface area (Å²) in [5, 5.41) is 20.9. The minimum atomic E-state index is -1.29. The molecule has 0 saturated heterocycles. The summed E-state index contributed by atoms with van der Waals surface area (Å²) >= 11 is 0. The molecule has 0 spiro atoms. The predicted molar refractivity (Wildman–Crippen MR) is 62.8 cm³/mol. The summed E-state index contributed by atoms with van der Waals surface area (Å²) in [6.45, 7) is 2.01. The molecule has 0 fully saturated rings. The van der Waals surface area contributed by atoms with Crippen molar-refractivity contribution in [3.05, 3.63) is 35.4 Å². The molecular formula is C13H17NO4. The number of carbonyl (C=O) groups is 2. The van der Waals surface area contributed by atoms with E-state index in [0.717, 1.165) is 5.56 Å². The van der Waals surface area contributed by atoms with E-state index in [1.807, 2.05) is 6.92 Å². The van der Waals surface area contributed by atoms with Crippen LogP contribution in [0.3, 0.4) is 0 Å². The minimum Gasteiger partial charge on any atom is -0.544 e. The van der Waals surface area contributed by atoms with Gasteiger partial charge in [0, 0.05) is 5.56 Å². The number of aliphatic carboxylic acids is 1. The lowest BCUT2D eigenvalue weighted by Crippen LogP contribution is -2.94. The molecule has 0 saturated carbocycles. The number of hydrogen-bond acceptors (Lipinski definition) is 4. The van der Waals surface area contributed by atoms with Crippen LogP contribution in [0.2, 0.25) is 0 Å². The molecule has 0 amide bonds. The fraction of sp³-hybridized carbons (Fsp3) is 0.385. The van der Waals surface area contributed by atoms with E-state index >= 15 is 0 Å². The third kappa shape index (κ3) is 4.27. The van der Waals surface area contributed by atoms with Gasteiger partial charge in [0.15, 0.2) is 5.78 Å². The average molecular weight is 251 g/mol. The summed E-state index contributed by atoms with van der Waals surface area (Å²) in [5.74, 6) is -1.53. The molecule has 0 radical (unpaired) electrons. The molecule has 1 rings (SSSR count). The van der Waals surface area contributed by atoms with Gasteiger partial charge in [0.1, 0.15) is 6.04 Å². The Morgan fingerprint density at radius 3 is 2.44 bits per heavy atom. The zero-order valence-electron chi connectivity index (χ0n) is 10.3. The predicted octanol–water partition coefficient (Wildman–Crippen LogP) is -1.76. The molecule has 1 aromatic rings. The van der Waals surface area contributed by atoms with Gasteiger partial charge in [-0.2, -0.15) is 0 Å². The summed E-state index contributed by atoms with van der Waals surface area (Å²) in [6, 6.07) is 6.01. The second-order valence-electron chi connectivity index (χ2n) is 4.17. The highest BCUT2D eigenvalue weighted by molar-refractivity contribution is 5.98. The first kappa shape index (κ1) is 14.3. The summed E-state index contributed by atoms with van der Waals surface area (Å²) < 4.78 is 0. The number of aliphatic hydroxyl groups is 1. The van der Waals surface area contributed by atoms with E-state index in [4.69, 9.17) is 5.11 Å². The standard InChI is InChI=1S/C13H17NO4/c1-9-2-4-10(5-3-9)12(16)8-11(13(17)18)14-6-7-15/h2-5,11,14-15H,6-8H2,1H3,(H,17,18)/t11-/m1/s1. The summed E-state index contributed by atoms with van der Waals surface area (Å²) in [7, 11) is 0. The van der Waals surface area contributed by atoms with Gasteiger partial charge in [-0.1, -0.05) is 29.8 Å². The maximum absolute atomic E-state index is 11.9. The molecule has 0 unspecified atom stereocenters. The van der Waals surface area contributed by atoms with Crippen LogP contribution in [0.25, 0.3) is 0 Å². The van der Waals surface area contributed by atoms with Crippen molar-refractivity contribution in [1.82, 2.24) is 0 Å². The Morgan fingerprint density at radius 1 is 1.33 bits per heavy atom. The Balaban J connectivity index is 2.66. The highest BCUT2D eigenvalue weighted by Gasteiger charge is 2.18. The maximum Gasteiger partial charge on any atom is 0.169 e. The van der Waals surface area contributed by atoms with Crippen LogP contribution in [0.15, 0.2) is 24.3 Å². The largest absolute Gasteiger partial charge is 0.544 e. The monoisotopic (exact) mass is 251 g/mol. The molecule has 5 heteroatoms. The fourth-order valence-corrected chi connectivity index (χ4v) is 1.60. The van der Waals surface area contributed by atoms with Crippen molar-refractivity contribution < 1.29 is 25.1 Å². The summed E-state index contributed by atoms with van der Waals surface area (Å²) in [4.78, 5) is 22.7. The van der Waals surface area contributed by atoms with Gasteiger partial charge >= 0.3 is 0 Å². The Kier molecular flexibility index (Phi) is 5.48. The van der Waals surface area contributed by atoms with Crippen molar-refractivity contribution in [3.8, 4) is 0 Å². The number of aliphatic hydroxyl groups excluding tert-OH is 1. The Morgan fingerprint density at radius 2 is 1.94 bits per heavy atom. The van der Waals surface area contributed by atoms with Crippen molar-refractivity contribution in [2.45, 2.75) is 19.4 Å². The molecule has 0 aliphatic carbocycles. The van der Waals surface area contributed by atoms with E-state index in [1.165, 1.54) is 5.32 Å². The SMILES string of the molecule is Cc1ccc(C(=O)C[C@@H]([NH2+]CCO)C(=O)[O-])cc1. The molecule has 0 aliphatic heterocycles. The first-order chi connectivity index (χ1) is 8.54. The molecule has 3 N–H and O–H groups in total. The van der Waals surface area contributed by atoms with E-state index in [1.54, 1.807) is 24.3 Å². The van der Waals surface area contributed by atoms with Crippen molar-refractivity contribution in [2.24, 2.45) is 0 Å². The molecule has 0 aromatic heterocycles. The van der Waals surface area contributed by atoms with Crippen LogP contribution >= 0.6 is 0 Å². The molecular weight excluding hydrogens is 234 g/mol. The van der Waals surface area contributed by atoms with Crippen LogP contribution in [0.5, 0.6) is 0 Å². The summed E-state index contributed by atoms with van der Waals surface area (Å²) in [6.07, 6.45) is -0.134. The molecule has 1 aromatic carbocycles. The quantitative estimate of drug-likeness (QED) is 0.561. The highest BCUT2D eigenvalue weighted by atomic mass is 16.4. The van der Waals surface area contributed by atoms with E-state index < -0.39 is 12.0 Å². The van der Waals surface area contributed by atoms with Crippen LogP contribution in [0.4, 0.5) is 0 Å². The van der Waals surface area contributed by atoms with Gasteiger partial charge in [0.05, 0.1) is 25.5 Å². The van der Waals surface area contributed by atoms with Crippen LogP contribution in [0, 0.1) is 6.92 Å². The lowest BCUT2D eigenvalue weighted by Gasteiger charge is -2.15. The first-order valence-electron chi connectivity index (χ1n) is 5.79. The maximum atomic E-state index is 11.9. The van der Waals surface area contributed by atoms with E-state index in [-0.39, 0.29) is 25.4 Å². The number of carbonyl (C=O) groups excluding carboxylic acids is 2. The van der Waals surface area contributed by atoms with Gasteiger partial charge in [0.25, 0.3) is 0 Å². The molecule has 0 heterocycles. The Bertz CT molecular complexity index is 414. The Hall–Kier alpha value is -1.72. The molecule has 1 atom stereocenters.